The van der Waals surface area contributed by atoms with Crippen LogP contribution in [0.15, 0.2) is 17.0 Å². The lowest BCUT2D eigenvalue weighted by molar-refractivity contribution is 0.340. The number of nitrogens with two attached hydrogens (primary N) is 1. The quantitative estimate of drug-likeness (QED) is 0.876. The van der Waals surface area contributed by atoms with Crippen LogP contribution >= 0.6 is 11.6 Å². The Balaban J connectivity index is 3.45. The lowest BCUT2D eigenvalue weighted by Gasteiger charge is -2.26. The minimum absolute atomic E-state index is 0.0938. The predicted octanol–water partition coefficient (Wildman–Crippen LogP) is 2.75. The summed E-state index contributed by atoms with van der Waals surface area (Å²) in [7, 11) is -3.93. The first-order chi connectivity index (χ1) is 9.29. The fourth-order valence-corrected chi connectivity index (χ4v) is 4.16. The van der Waals surface area contributed by atoms with Crippen LogP contribution in [0.2, 0.25) is 5.02 Å². The summed E-state index contributed by atoms with van der Waals surface area (Å²) in [6, 6.07) is 2.26. The van der Waals surface area contributed by atoms with E-state index in [1.807, 2.05) is 6.92 Å². The van der Waals surface area contributed by atoms with Gasteiger partial charge in [0.15, 0.2) is 0 Å². The Morgan fingerprint density at radius 2 is 2.00 bits per heavy atom. The Labute approximate surface area is 124 Å². The van der Waals surface area contributed by atoms with Crippen molar-refractivity contribution in [3.8, 4) is 0 Å². The van der Waals surface area contributed by atoms with Gasteiger partial charge in [0, 0.05) is 29.7 Å². The minimum atomic E-state index is -3.93. The lowest BCUT2D eigenvalue weighted by atomic mass is 10.2. The highest BCUT2D eigenvalue weighted by Gasteiger charge is 2.30. The largest absolute Gasteiger partial charge is 0.326 e. The summed E-state index contributed by atoms with van der Waals surface area (Å²) in [6.07, 6.45) is 0.638. The lowest BCUT2D eigenvalue weighted by Crippen LogP contribution is -2.38. The van der Waals surface area contributed by atoms with Crippen LogP contribution in [0.4, 0.5) is 4.39 Å². The SMILES string of the molecule is CCC(C)N(CC)S(=O)(=O)c1cc(Cl)cc(CN)c1F. The Hall–Kier alpha value is -0.690. The summed E-state index contributed by atoms with van der Waals surface area (Å²) in [5, 5.41) is 0.158. The second kappa shape index (κ2) is 6.85. The van der Waals surface area contributed by atoms with Gasteiger partial charge in [-0.25, -0.2) is 12.8 Å². The van der Waals surface area contributed by atoms with Crippen molar-refractivity contribution in [2.45, 2.75) is 44.7 Å². The molecule has 0 spiro atoms. The molecule has 0 saturated heterocycles. The fraction of sp³-hybridized carbons (Fsp3) is 0.538. The van der Waals surface area contributed by atoms with Crippen LogP contribution in [0.3, 0.4) is 0 Å². The number of halogens is 2. The molecule has 1 rings (SSSR count). The Kier molecular flexibility index (Phi) is 5.94. The zero-order valence-corrected chi connectivity index (χ0v) is 13.4. The normalized spacial score (nSPS) is 13.8. The molecule has 0 aliphatic carbocycles. The molecule has 4 nitrogen and oxygen atoms in total. The number of nitrogens with zero attached hydrogens (tertiary/aromatic N) is 1. The van der Waals surface area contributed by atoms with E-state index in [9.17, 15) is 12.8 Å². The number of rotatable bonds is 6. The number of sulfonamides is 1. The number of hydrogen-bond donors (Lipinski definition) is 1. The molecule has 1 atom stereocenters. The van der Waals surface area contributed by atoms with Gasteiger partial charge in [-0.1, -0.05) is 25.4 Å². The molecule has 0 radical (unpaired) electrons. The van der Waals surface area contributed by atoms with Gasteiger partial charge in [-0.05, 0) is 25.5 Å². The molecule has 0 aromatic heterocycles. The van der Waals surface area contributed by atoms with E-state index in [4.69, 9.17) is 17.3 Å². The van der Waals surface area contributed by atoms with E-state index in [0.717, 1.165) is 6.07 Å². The summed E-state index contributed by atoms with van der Waals surface area (Å²) < 4.78 is 40.7. The highest BCUT2D eigenvalue weighted by molar-refractivity contribution is 7.89. The van der Waals surface area contributed by atoms with Crippen molar-refractivity contribution in [1.82, 2.24) is 4.31 Å². The van der Waals surface area contributed by atoms with Crippen LogP contribution in [0.25, 0.3) is 0 Å². The molecule has 1 unspecified atom stereocenters. The topological polar surface area (TPSA) is 63.4 Å². The van der Waals surface area contributed by atoms with Crippen LogP contribution in [0.1, 0.15) is 32.8 Å². The van der Waals surface area contributed by atoms with Gasteiger partial charge in [0.25, 0.3) is 0 Å². The van der Waals surface area contributed by atoms with Crippen molar-refractivity contribution in [2.24, 2.45) is 5.73 Å². The number of hydrogen-bond acceptors (Lipinski definition) is 3. The molecule has 1 aromatic rings. The average molecular weight is 323 g/mol. The van der Waals surface area contributed by atoms with E-state index in [1.54, 1.807) is 13.8 Å². The third-order valence-electron chi connectivity index (χ3n) is 3.28. The molecule has 0 saturated carbocycles. The molecule has 0 aliphatic rings. The summed E-state index contributed by atoms with van der Waals surface area (Å²) in [6.45, 7) is 5.54. The van der Waals surface area contributed by atoms with Gasteiger partial charge in [-0.3, -0.25) is 0 Å². The van der Waals surface area contributed by atoms with E-state index in [0.29, 0.717) is 6.42 Å². The van der Waals surface area contributed by atoms with E-state index < -0.39 is 20.7 Å². The van der Waals surface area contributed by atoms with Crippen molar-refractivity contribution < 1.29 is 12.8 Å². The molecule has 0 bridgehead atoms. The van der Waals surface area contributed by atoms with Crippen LogP contribution in [-0.2, 0) is 16.6 Å². The summed E-state index contributed by atoms with van der Waals surface area (Å²) >= 11 is 5.86. The predicted molar refractivity (Wildman–Crippen MR) is 78.6 cm³/mol. The molecular formula is C13H20ClFN2O2S. The van der Waals surface area contributed by atoms with Crippen molar-refractivity contribution in [1.29, 1.82) is 0 Å². The van der Waals surface area contributed by atoms with Crippen molar-refractivity contribution in [3.05, 3.63) is 28.5 Å². The second-order valence-electron chi connectivity index (χ2n) is 4.55. The third kappa shape index (κ3) is 3.31. The van der Waals surface area contributed by atoms with Crippen molar-refractivity contribution >= 4 is 21.6 Å². The third-order valence-corrected chi connectivity index (χ3v) is 5.59. The van der Waals surface area contributed by atoms with Crippen LogP contribution in [0, 0.1) is 5.82 Å². The fourth-order valence-electron chi connectivity index (χ4n) is 2.00. The average Bonchev–Trinajstić information content (AvgIpc) is 2.40. The standard InChI is InChI=1S/C13H20ClFN2O2S/c1-4-9(3)17(5-2)20(18,19)12-7-11(14)6-10(8-16)13(12)15/h6-7,9H,4-5,8,16H2,1-3H3. The van der Waals surface area contributed by atoms with Crippen LogP contribution in [0.5, 0.6) is 0 Å². The molecule has 2 N–H and O–H groups in total. The Bertz CT molecular complexity index is 578. The summed E-state index contributed by atoms with van der Waals surface area (Å²) in [4.78, 5) is -0.410. The summed E-state index contributed by atoms with van der Waals surface area (Å²) in [5.41, 5.74) is 5.51. The Morgan fingerprint density at radius 3 is 2.45 bits per heavy atom. The first-order valence-corrected chi connectivity index (χ1v) is 8.31. The van der Waals surface area contributed by atoms with Gasteiger partial charge in [-0.15, -0.1) is 0 Å². The van der Waals surface area contributed by atoms with Crippen molar-refractivity contribution in [2.75, 3.05) is 6.54 Å². The van der Waals surface area contributed by atoms with E-state index in [2.05, 4.69) is 0 Å². The zero-order valence-electron chi connectivity index (χ0n) is 11.9. The van der Waals surface area contributed by atoms with Gasteiger partial charge in [0.1, 0.15) is 10.7 Å². The van der Waals surface area contributed by atoms with Crippen LogP contribution < -0.4 is 5.73 Å². The molecule has 0 aliphatic heterocycles. The van der Waals surface area contributed by atoms with E-state index in [1.165, 1.54) is 10.4 Å². The van der Waals surface area contributed by atoms with Gasteiger partial charge in [0.05, 0.1) is 0 Å². The van der Waals surface area contributed by atoms with Gasteiger partial charge in [0.2, 0.25) is 10.0 Å². The second-order valence-corrected chi connectivity index (χ2v) is 6.84. The first kappa shape index (κ1) is 17.4. The minimum Gasteiger partial charge on any atom is -0.326 e. The Morgan fingerprint density at radius 1 is 1.40 bits per heavy atom. The molecule has 114 valence electrons. The monoisotopic (exact) mass is 322 g/mol. The van der Waals surface area contributed by atoms with Gasteiger partial charge in [-0.2, -0.15) is 4.31 Å². The first-order valence-electron chi connectivity index (χ1n) is 6.49. The molecule has 0 amide bonds. The molecule has 20 heavy (non-hydrogen) atoms. The van der Waals surface area contributed by atoms with Crippen molar-refractivity contribution in [3.63, 3.8) is 0 Å². The zero-order chi connectivity index (χ0) is 15.5. The molecule has 0 heterocycles. The van der Waals surface area contributed by atoms with Gasteiger partial charge >= 0.3 is 0 Å². The maximum atomic E-state index is 14.3. The summed E-state index contributed by atoms with van der Waals surface area (Å²) in [5.74, 6) is -0.821. The van der Waals surface area contributed by atoms with E-state index in [-0.39, 0.29) is 29.7 Å². The highest BCUT2D eigenvalue weighted by atomic mass is 35.5. The molecule has 0 fully saturated rings. The molecular weight excluding hydrogens is 303 g/mol. The smallest absolute Gasteiger partial charge is 0.246 e. The van der Waals surface area contributed by atoms with Crippen LogP contribution in [-0.4, -0.2) is 25.3 Å². The number of benzene rings is 1. The van der Waals surface area contributed by atoms with E-state index >= 15 is 0 Å². The maximum Gasteiger partial charge on any atom is 0.246 e. The van der Waals surface area contributed by atoms with Gasteiger partial charge < -0.3 is 5.73 Å². The highest BCUT2D eigenvalue weighted by Crippen LogP contribution is 2.27. The maximum absolute atomic E-state index is 14.3. The molecule has 1 aromatic carbocycles. The molecule has 7 heteroatoms.